The highest BCUT2D eigenvalue weighted by atomic mass is 79.9. The van der Waals surface area contributed by atoms with E-state index in [1.807, 2.05) is 20.2 Å². The molecule has 0 amide bonds. The number of carbonyl (C=O) groups is 1. The SMILES string of the molecule is CN(C)C1(C(=O)Cc2cncc(Br)c2)CCCCCC1. The molecule has 110 valence electrons. The third kappa shape index (κ3) is 3.47. The van der Waals surface area contributed by atoms with E-state index < -0.39 is 0 Å². The molecule has 0 aliphatic heterocycles. The van der Waals surface area contributed by atoms with Crippen LogP contribution in [0.25, 0.3) is 0 Å². The van der Waals surface area contributed by atoms with Crippen LogP contribution in [0.4, 0.5) is 0 Å². The summed E-state index contributed by atoms with van der Waals surface area (Å²) in [5.74, 6) is 0.337. The van der Waals surface area contributed by atoms with Gasteiger partial charge in [-0.2, -0.15) is 0 Å². The molecule has 2 rings (SSSR count). The number of nitrogens with zero attached hydrogens (tertiary/aromatic N) is 2. The van der Waals surface area contributed by atoms with Gasteiger partial charge in [0.2, 0.25) is 0 Å². The van der Waals surface area contributed by atoms with Gasteiger partial charge in [-0.05, 0) is 54.5 Å². The van der Waals surface area contributed by atoms with Crippen LogP contribution in [0.5, 0.6) is 0 Å². The Morgan fingerprint density at radius 3 is 2.45 bits per heavy atom. The highest BCUT2D eigenvalue weighted by Crippen LogP contribution is 2.33. The van der Waals surface area contributed by atoms with Gasteiger partial charge in [0.1, 0.15) is 0 Å². The van der Waals surface area contributed by atoms with E-state index in [2.05, 4.69) is 25.8 Å². The van der Waals surface area contributed by atoms with Crippen LogP contribution in [-0.4, -0.2) is 35.3 Å². The van der Waals surface area contributed by atoms with Gasteiger partial charge in [-0.15, -0.1) is 0 Å². The summed E-state index contributed by atoms with van der Waals surface area (Å²) in [5, 5.41) is 0. The van der Waals surface area contributed by atoms with Crippen molar-refractivity contribution >= 4 is 21.7 Å². The van der Waals surface area contributed by atoms with Crippen molar-refractivity contribution in [1.29, 1.82) is 0 Å². The van der Waals surface area contributed by atoms with E-state index in [0.29, 0.717) is 12.2 Å². The van der Waals surface area contributed by atoms with E-state index in [1.54, 1.807) is 12.4 Å². The van der Waals surface area contributed by atoms with Crippen molar-refractivity contribution in [1.82, 2.24) is 9.88 Å². The number of pyridine rings is 1. The maximum absolute atomic E-state index is 12.9. The molecule has 20 heavy (non-hydrogen) atoms. The molecule has 0 aromatic carbocycles. The summed E-state index contributed by atoms with van der Waals surface area (Å²) in [6.45, 7) is 0. The number of rotatable bonds is 4. The Hall–Kier alpha value is -0.740. The van der Waals surface area contributed by atoms with Crippen molar-refractivity contribution in [3.63, 3.8) is 0 Å². The van der Waals surface area contributed by atoms with E-state index in [-0.39, 0.29) is 5.54 Å². The number of Topliss-reactive ketones (excluding diaryl/α,β-unsaturated/α-hetero) is 1. The Bertz CT molecular complexity index is 465. The van der Waals surface area contributed by atoms with Crippen LogP contribution in [-0.2, 0) is 11.2 Å². The molecular weight excluding hydrogens is 316 g/mol. The standard InChI is InChI=1S/C16H23BrN2O/c1-19(2)16(7-5-3-4-6-8-16)15(20)10-13-9-14(17)12-18-11-13/h9,11-12H,3-8,10H2,1-2H3. The number of ketones is 1. The summed E-state index contributed by atoms with van der Waals surface area (Å²) in [7, 11) is 4.09. The Morgan fingerprint density at radius 2 is 1.90 bits per heavy atom. The molecule has 1 aromatic heterocycles. The van der Waals surface area contributed by atoms with Crippen LogP contribution in [0.1, 0.15) is 44.1 Å². The average molecular weight is 339 g/mol. The first-order valence-corrected chi connectivity index (χ1v) is 8.14. The van der Waals surface area contributed by atoms with Gasteiger partial charge in [-0.25, -0.2) is 0 Å². The molecule has 0 spiro atoms. The maximum atomic E-state index is 12.9. The van der Waals surface area contributed by atoms with Gasteiger partial charge in [-0.3, -0.25) is 14.7 Å². The Morgan fingerprint density at radius 1 is 1.25 bits per heavy atom. The Balaban J connectivity index is 2.18. The fourth-order valence-corrected chi connectivity index (χ4v) is 3.60. The van der Waals surface area contributed by atoms with Gasteiger partial charge in [0.15, 0.2) is 5.78 Å². The zero-order chi connectivity index (χ0) is 14.6. The number of hydrogen-bond acceptors (Lipinski definition) is 3. The second kappa shape index (κ2) is 6.81. The average Bonchev–Trinajstić information content (AvgIpc) is 2.65. The van der Waals surface area contributed by atoms with Crippen molar-refractivity contribution < 1.29 is 4.79 Å². The minimum Gasteiger partial charge on any atom is -0.297 e. The van der Waals surface area contributed by atoms with Gasteiger partial charge in [0, 0.05) is 23.3 Å². The number of halogens is 1. The van der Waals surface area contributed by atoms with E-state index in [1.165, 1.54) is 12.8 Å². The summed E-state index contributed by atoms with van der Waals surface area (Å²) in [6.07, 6.45) is 10.8. The lowest BCUT2D eigenvalue weighted by Crippen LogP contribution is -2.51. The topological polar surface area (TPSA) is 33.2 Å². The molecule has 1 aliphatic carbocycles. The molecule has 0 unspecified atom stereocenters. The summed E-state index contributed by atoms with van der Waals surface area (Å²) < 4.78 is 0.933. The van der Waals surface area contributed by atoms with Crippen molar-refractivity contribution in [3.05, 3.63) is 28.5 Å². The fraction of sp³-hybridized carbons (Fsp3) is 0.625. The number of aromatic nitrogens is 1. The van der Waals surface area contributed by atoms with Gasteiger partial charge in [0.05, 0.1) is 5.54 Å². The fourth-order valence-electron chi connectivity index (χ4n) is 3.19. The molecule has 1 fully saturated rings. The first kappa shape index (κ1) is 15.6. The highest BCUT2D eigenvalue weighted by Gasteiger charge is 2.39. The van der Waals surface area contributed by atoms with E-state index >= 15 is 0 Å². The van der Waals surface area contributed by atoms with Crippen molar-refractivity contribution in [2.24, 2.45) is 0 Å². The summed E-state index contributed by atoms with van der Waals surface area (Å²) in [6, 6.07) is 1.99. The molecule has 3 nitrogen and oxygen atoms in total. The minimum absolute atomic E-state index is 0.279. The largest absolute Gasteiger partial charge is 0.297 e. The lowest BCUT2D eigenvalue weighted by atomic mass is 9.82. The van der Waals surface area contributed by atoms with Crippen LogP contribution < -0.4 is 0 Å². The molecule has 0 radical (unpaired) electrons. The van der Waals surface area contributed by atoms with E-state index in [4.69, 9.17) is 0 Å². The van der Waals surface area contributed by atoms with Gasteiger partial charge >= 0.3 is 0 Å². The van der Waals surface area contributed by atoms with Gasteiger partial charge in [0.25, 0.3) is 0 Å². The summed E-state index contributed by atoms with van der Waals surface area (Å²) >= 11 is 3.42. The molecular formula is C16H23BrN2O. The van der Waals surface area contributed by atoms with Gasteiger partial charge < -0.3 is 0 Å². The smallest absolute Gasteiger partial charge is 0.157 e. The molecule has 4 heteroatoms. The first-order valence-electron chi connectivity index (χ1n) is 7.35. The second-order valence-corrected chi connectivity index (χ2v) is 6.87. The molecule has 1 aromatic rings. The third-order valence-electron chi connectivity index (χ3n) is 4.43. The van der Waals surface area contributed by atoms with Crippen LogP contribution in [0.3, 0.4) is 0 Å². The highest BCUT2D eigenvalue weighted by molar-refractivity contribution is 9.10. The predicted octanol–water partition coefficient (Wildman–Crippen LogP) is 3.61. The Labute approximate surface area is 129 Å². The number of hydrogen-bond donors (Lipinski definition) is 0. The lowest BCUT2D eigenvalue weighted by Gasteiger charge is -2.38. The first-order chi connectivity index (χ1) is 9.54. The number of likely N-dealkylation sites (N-methyl/N-ethyl adjacent to an activating group) is 1. The zero-order valence-corrected chi connectivity index (χ0v) is 13.9. The van der Waals surface area contributed by atoms with Crippen LogP contribution in [0.15, 0.2) is 22.9 Å². The number of carbonyl (C=O) groups excluding carboxylic acids is 1. The molecule has 0 saturated heterocycles. The summed E-state index contributed by atoms with van der Waals surface area (Å²) in [5.41, 5.74) is 0.716. The van der Waals surface area contributed by atoms with Crippen molar-refractivity contribution in [3.8, 4) is 0 Å². The maximum Gasteiger partial charge on any atom is 0.157 e. The monoisotopic (exact) mass is 338 g/mol. The Kier molecular flexibility index (Phi) is 5.33. The van der Waals surface area contributed by atoms with Crippen LogP contribution in [0.2, 0.25) is 0 Å². The van der Waals surface area contributed by atoms with Gasteiger partial charge in [-0.1, -0.05) is 25.7 Å². The molecule has 0 bridgehead atoms. The normalized spacial score (nSPS) is 18.8. The molecule has 0 N–H and O–H groups in total. The lowest BCUT2D eigenvalue weighted by molar-refractivity contribution is -0.130. The van der Waals surface area contributed by atoms with E-state index in [9.17, 15) is 4.79 Å². The van der Waals surface area contributed by atoms with E-state index in [0.717, 1.165) is 35.7 Å². The molecule has 1 aliphatic rings. The third-order valence-corrected chi connectivity index (χ3v) is 4.87. The van der Waals surface area contributed by atoms with Crippen molar-refractivity contribution in [2.75, 3.05) is 14.1 Å². The molecule has 1 saturated carbocycles. The van der Waals surface area contributed by atoms with Crippen molar-refractivity contribution in [2.45, 2.75) is 50.5 Å². The summed E-state index contributed by atoms with van der Waals surface area (Å²) in [4.78, 5) is 19.2. The zero-order valence-electron chi connectivity index (χ0n) is 12.4. The predicted molar refractivity (Wildman–Crippen MR) is 84.8 cm³/mol. The quantitative estimate of drug-likeness (QED) is 0.786. The van der Waals surface area contributed by atoms with Crippen LogP contribution in [0, 0.1) is 0 Å². The minimum atomic E-state index is -0.279. The van der Waals surface area contributed by atoms with Crippen LogP contribution >= 0.6 is 15.9 Å². The molecule has 0 atom stereocenters. The second-order valence-electron chi connectivity index (χ2n) is 5.95. The molecule has 1 heterocycles.